The van der Waals surface area contributed by atoms with E-state index in [-0.39, 0.29) is 5.82 Å². The number of aromatic nitrogens is 1. The topological polar surface area (TPSA) is 33.1 Å². The lowest BCUT2D eigenvalue weighted by Crippen LogP contribution is -1.89. The predicted molar refractivity (Wildman–Crippen MR) is 62.8 cm³/mol. The van der Waals surface area contributed by atoms with Crippen molar-refractivity contribution < 1.29 is 9.50 Å². The zero-order chi connectivity index (χ0) is 11.5. The Bertz CT molecular complexity index is 483. The molecular weight excluding hydrogens is 225 g/mol. The Balaban J connectivity index is 2.31. The zero-order valence-electron chi connectivity index (χ0n) is 8.85. The number of halogens is 1. The van der Waals surface area contributed by atoms with Gasteiger partial charge in [-0.15, -0.1) is 11.3 Å². The number of thiazole rings is 1. The third kappa shape index (κ3) is 2.28. The molecule has 0 spiro atoms. The molecule has 0 aliphatic heterocycles. The van der Waals surface area contributed by atoms with E-state index in [9.17, 15) is 9.50 Å². The lowest BCUT2D eigenvalue weighted by molar-refractivity contribution is 0.177. The second-order valence-electron chi connectivity index (χ2n) is 3.50. The fourth-order valence-electron chi connectivity index (χ4n) is 1.40. The zero-order valence-corrected chi connectivity index (χ0v) is 9.67. The summed E-state index contributed by atoms with van der Waals surface area (Å²) in [4.78, 5) is 5.01. The summed E-state index contributed by atoms with van der Waals surface area (Å²) in [6.07, 6.45) is 1.84. The molecule has 0 aliphatic carbocycles. The van der Waals surface area contributed by atoms with Gasteiger partial charge in [-0.3, -0.25) is 0 Å². The Hall–Kier alpha value is -1.26. The first-order valence-corrected chi connectivity index (χ1v) is 5.92. The Morgan fingerprint density at radius 1 is 1.50 bits per heavy atom. The third-order valence-electron chi connectivity index (χ3n) is 2.31. The van der Waals surface area contributed by atoms with Gasteiger partial charge in [0, 0.05) is 11.8 Å². The van der Waals surface area contributed by atoms with E-state index in [1.807, 2.05) is 13.0 Å². The van der Waals surface area contributed by atoms with E-state index in [1.165, 1.54) is 23.5 Å². The predicted octanol–water partition coefficient (Wildman–Crippen LogP) is 3.39. The van der Waals surface area contributed by atoms with Crippen molar-refractivity contribution in [2.45, 2.75) is 19.4 Å². The van der Waals surface area contributed by atoms with Crippen molar-refractivity contribution >= 4 is 11.3 Å². The molecule has 0 fully saturated rings. The van der Waals surface area contributed by atoms with Crippen LogP contribution in [0.1, 0.15) is 24.3 Å². The quantitative estimate of drug-likeness (QED) is 0.887. The highest BCUT2D eigenvalue weighted by molar-refractivity contribution is 7.15. The molecule has 1 atom stereocenters. The van der Waals surface area contributed by atoms with Gasteiger partial charge in [-0.05, 0) is 18.6 Å². The smallest absolute Gasteiger partial charge is 0.123 e. The molecule has 0 aliphatic rings. The van der Waals surface area contributed by atoms with Gasteiger partial charge in [0.05, 0.1) is 11.0 Å². The molecule has 0 bridgehead atoms. The van der Waals surface area contributed by atoms with Crippen LogP contribution >= 0.6 is 11.3 Å². The maximum Gasteiger partial charge on any atom is 0.123 e. The number of hydrogen-bond donors (Lipinski definition) is 1. The first kappa shape index (κ1) is 11.2. The minimum atomic E-state index is -0.472. The van der Waals surface area contributed by atoms with E-state index in [0.29, 0.717) is 6.42 Å². The van der Waals surface area contributed by atoms with Crippen molar-refractivity contribution in [3.8, 4) is 10.6 Å². The minimum absolute atomic E-state index is 0.273. The van der Waals surface area contributed by atoms with Crippen molar-refractivity contribution in [3.63, 3.8) is 0 Å². The average molecular weight is 237 g/mol. The van der Waals surface area contributed by atoms with Crippen molar-refractivity contribution in [2.24, 2.45) is 0 Å². The minimum Gasteiger partial charge on any atom is -0.388 e. The van der Waals surface area contributed by atoms with Gasteiger partial charge in [-0.1, -0.05) is 19.1 Å². The molecule has 1 aromatic carbocycles. The second kappa shape index (κ2) is 4.72. The Labute approximate surface area is 97.4 Å². The molecule has 1 unspecified atom stereocenters. The van der Waals surface area contributed by atoms with Crippen molar-refractivity contribution in [1.29, 1.82) is 0 Å². The summed E-state index contributed by atoms with van der Waals surface area (Å²) in [6.45, 7) is 1.91. The maximum absolute atomic E-state index is 13.0. The maximum atomic E-state index is 13.0. The number of aliphatic hydroxyl groups excluding tert-OH is 1. The largest absolute Gasteiger partial charge is 0.388 e. The Kier molecular flexibility index (Phi) is 3.31. The molecule has 4 heteroatoms. The molecule has 0 amide bonds. The van der Waals surface area contributed by atoms with Gasteiger partial charge in [0.1, 0.15) is 10.8 Å². The van der Waals surface area contributed by atoms with Crippen LogP contribution in [-0.2, 0) is 0 Å². The molecule has 2 nitrogen and oxygen atoms in total. The molecule has 84 valence electrons. The summed E-state index contributed by atoms with van der Waals surface area (Å²) in [5.41, 5.74) is 0.750. The van der Waals surface area contributed by atoms with E-state index < -0.39 is 6.10 Å². The van der Waals surface area contributed by atoms with Gasteiger partial charge in [0.25, 0.3) is 0 Å². The second-order valence-corrected chi connectivity index (χ2v) is 4.56. The third-order valence-corrected chi connectivity index (χ3v) is 3.46. The molecule has 1 N–H and O–H groups in total. The van der Waals surface area contributed by atoms with Crippen LogP contribution in [0.4, 0.5) is 4.39 Å². The van der Waals surface area contributed by atoms with E-state index in [2.05, 4.69) is 4.98 Å². The highest BCUT2D eigenvalue weighted by Crippen LogP contribution is 2.29. The van der Waals surface area contributed by atoms with Crippen LogP contribution in [0.2, 0.25) is 0 Å². The molecule has 0 saturated carbocycles. The molecular formula is C12H12FNOS. The molecule has 2 aromatic rings. The highest BCUT2D eigenvalue weighted by Gasteiger charge is 2.10. The number of rotatable bonds is 3. The van der Waals surface area contributed by atoms with Gasteiger partial charge >= 0.3 is 0 Å². The summed E-state index contributed by atoms with van der Waals surface area (Å²) in [7, 11) is 0. The monoisotopic (exact) mass is 237 g/mol. The SMILES string of the molecule is CCC(O)c1cnc(-c2cccc(F)c2)s1. The number of benzene rings is 1. The Morgan fingerprint density at radius 2 is 2.31 bits per heavy atom. The number of nitrogens with zero attached hydrogens (tertiary/aromatic N) is 1. The average Bonchev–Trinajstić information content (AvgIpc) is 2.77. The van der Waals surface area contributed by atoms with E-state index in [1.54, 1.807) is 12.3 Å². The van der Waals surface area contributed by atoms with Gasteiger partial charge in [0.15, 0.2) is 0 Å². The number of hydrogen-bond acceptors (Lipinski definition) is 3. The lowest BCUT2D eigenvalue weighted by atomic mass is 10.2. The van der Waals surface area contributed by atoms with Gasteiger partial charge in [0.2, 0.25) is 0 Å². The fraction of sp³-hybridized carbons (Fsp3) is 0.250. The normalized spacial score (nSPS) is 12.7. The molecule has 0 saturated heterocycles. The fourth-order valence-corrected chi connectivity index (χ4v) is 2.38. The first-order chi connectivity index (χ1) is 7.70. The molecule has 16 heavy (non-hydrogen) atoms. The number of aliphatic hydroxyl groups is 1. The van der Waals surface area contributed by atoms with Crippen molar-refractivity contribution in [3.05, 3.63) is 41.2 Å². The van der Waals surface area contributed by atoms with Crippen molar-refractivity contribution in [2.75, 3.05) is 0 Å². The van der Waals surface area contributed by atoms with Crippen LogP contribution in [0.5, 0.6) is 0 Å². The summed E-state index contributed by atoms with van der Waals surface area (Å²) >= 11 is 1.40. The Morgan fingerprint density at radius 3 is 3.00 bits per heavy atom. The summed E-state index contributed by atoms with van der Waals surface area (Å²) < 4.78 is 13.0. The summed E-state index contributed by atoms with van der Waals surface area (Å²) in [5, 5.41) is 10.4. The van der Waals surface area contributed by atoms with Crippen molar-refractivity contribution in [1.82, 2.24) is 4.98 Å². The summed E-state index contributed by atoms with van der Waals surface area (Å²) in [5.74, 6) is -0.273. The van der Waals surface area contributed by atoms with Gasteiger partial charge < -0.3 is 5.11 Å². The van der Waals surface area contributed by atoms with Crippen LogP contribution in [0, 0.1) is 5.82 Å². The standard InChI is InChI=1S/C12H12FNOS/c1-2-10(15)11-7-14-12(16-11)8-4-3-5-9(13)6-8/h3-7,10,15H,2H2,1H3. The highest BCUT2D eigenvalue weighted by atomic mass is 32.1. The first-order valence-electron chi connectivity index (χ1n) is 5.10. The lowest BCUT2D eigenvalue weighted by Gasteiger charge is -2.01. The molecule has 0 radical (unpaired) electrons. The van der Waals surface area contributed by atoms with E-state index in [0.717, 1.165) is 15.4 Å². The summed E-state index contributed by atoms with van der Waals surface area (Å²) in [6, 6.07) is 6.31. The van der Waals surface area contributed by atoms with E-state index >= 15 is 0 Å². The van der Waals surface area contributed by atoms with Gasteiger partial charge in [-0.2, -0.15) is 0 Å². The van der Waals surface area contributed by atoms with Crippen LogP contribution in [0.25, 0.3) is 10.6 Å². The van der Waals surface area contributed by atoms with Crippen LogP contribution in [0.15, 0.2) is 30.5 Å². The molecule has 1 aromatic heterocycles. The van der Waals surface area contributed by atoms with Crippen LogP contribution < -0.4 is 0 Å². The van der Waals surface area contributed by atoms with Crippen LogP contribution in [0.3, 0.4) is 0 Å². The van der Waals surface area contributed by atoms with Crippen LogP contribution in [-0.4, -0.2) is 10.1 Å². The van der Waals surface area contributed by atoms with E-state index in [4.69, 9.17) is 0 Å². The van der Waals surface area contributed by atoms with Gasteiger partial charge in [-0.25, -0.2) is 9.37 Å². The molecule has 1 heterocycles. The molecule has 2 rings (SSSR count).